The van der Waals surface area contributed by atoms with E-state index in [1.807, 2.05) is 6.07 Å². The molecule has 0 unspecified atom stereocenters. The van der Waals surface area contributed by atoms with Crippen LogP contribution in [-0.4, -0.2) is 0 Å². The summed E-state index contributed by atoms with van der Waals surface area (Å²) < 4.78 is 19.3. The second-order valence-electron chi connectivity index (χ2n) is 4.62. The van der Waals surface area contributed by atoms with Crippen LogP contribution in [0.25, 0.3) is 11.0 Å². The molecule has 2 nitrogen and oxygen atoms in total. The first-order valence-corrected chi connectivity index (χ1v) is 5.66. The Bertz CT molecular complexity index is 526. The van der Waals surface area contributed by atoms with Gasteiger partial charge in [-0.05, 0) is 31.0 Å². The highest BCUT2D eigenvalue weighted by molar-refractivity contribution is 5.81. The van der Waals surface area contributed by atoms with E-state index in [0.29, 0.717) is 11.1 Å². The van der Waals surface area contributed by atoms with Crippen LogP contribution in [0.5, 0.6) is 0 Å². The molecule has 1 aliphatic rings. The molecule has 1 fully saturated rings. The molecule has 0 radical (unpaired) electrons. The Morgan fingerprint density at radius 1 is 1.19 bits per heavy atom. The Hall–Kier alpha value is -1.35. The van der Waals surface area contributed by atoms with E-state index in [2.05, 4.69) is 0 Å². The predicted octanol–water partition coefficient (Wildman–Crippen LogP) is 3.30. The van der Waals surface area contributed by atoms with Gasteiger partial charge in [-0.3, -0.25) is 0 Å². The highest BCUT2D eigenvalue weighted by Gasteiger charge is 2.36. The molecule has 0 aliphatic heterocycles. The van der Waals surface area contributed by atoms with Crippen LogP contribution < -0.4 is 5.73 Å². The van der Waals surface area contributed by atoms with Gasteiger partial charge in [-0.25, -0.2) is 4.39 Å². The molecule has 2 aromatic rings. The lowest BCUT2D eigenvalue weighted by molar-refractivity contribution is 0.428. The second kappa shape index (κ2) is 3.32. The van der Waals surface area contributed by atoms with Gasteiger partial charge in [0.15, 0.2) is 0 Å². The summed E-state index contributed by atoms with van der Waals surface area (Å²) in [6.45, 7) is 0. The Labute approximate surface area is 93.2 Å². The Balaban J connectivity index is 2.28. The molecule has 1 aromatic carbocycles. The van der Waals surface area contributed by atoms with Gasteiger partial charge < -0.3 is 10.2 Å². The monoisotopic (exact) mass is 219 g/mol. The van der Waals surface area contributed by atoms with Gasteiger partial charge in [0.2, 0.25) is 0 Å². The zero-order valence-corrected chi connectivity index (χ0v) is 9.00. The highest BCUT2D eigenvalue weighted by atomic mass is 19.1. The van der Waals surface area contributed by atoms with Crippen molar-refractivity contribution in [2.45, 2.75) is 31.2 Å². The predicted molar refractivity (Wildman–Crippen MR) is 60.5 cm³/mol. The minimum absolute atomic E-state index is 0.244. The molecular weight excluding hydrogens is 205 g/mol. The van der Waals surface area contributed by atoms with Crippen molar-refractivity contribution in [1.29, 1.82) is 0 Å². The fourth-order valence-corrected chi connectivity index (χ4v) is 2.73. The van der Waals surface area contributed by atoms with Crippen molar-refractivity contribution in [2.24, 2.45) is 5.73 Å². The molecule has 1 heterocycles. The summed E-state index contributed by atoms with van der Waals surface area (Å²) in [5.74, 6) is -0.244. The van der Waals surface area contributed by atoms with Gasteiger partial charge in [-0.15, -0.1) is 0 Å². The zero-order chi connectivity index (χ0) is 11.2. The van der Waals surface area contributed by atoms with Crippen molar-refractivity contribution < 1.29 is 8.81 Å². The molecule has 3 heteroatoms. The van der Waals surface area contributed by atoms with E-state index >= 15 is 0 Å². The molecular formula is C13H14FNO. The summed E-state index contributed by atoms with van der Waals surface area (Å²) in [6, 6.07) is 5.06. The van der Waals surface area contributed by atoms with Crippen LogP contribution in [0.1, 0.15) is 31.2 Å². The van der Waals surface area contributed by atoms with Crippen LogP contribution in [0.3, 0.4) is 0 Å². The summed E-state index contributed by atoms with van der Waals surface area (Å²) in [7, 11) is 0. The molecule has 1 saturated carbocycles. The number of hydrogen-bond acceptors (Lipinski definition) is 2. The first kappa shape index (κ1) is 9.85. The maximum Gasteiger partial charge on any atom is 0.141 e. The third kappa shape index (κ3) is 1.28. The molecule has 1 aliphatic carbocycles. The number of halogens is 1. The van der Waals surface area contributed by atoms with E-state index in [9.17, 15) is 4.39 Å². The lowest BCUT2D eigenvalue weighted by atomic mass is 9.88. The quantitative estimate of drug-likeness (QED) is 0.799. The van der Waals surface area contributed by atoms with E-state index in [0.717, 1.165) is 31.1 Å². The maximum absolute atomic E-state index is 14.0. The SMILES string of the molecule is NC1(c2c(F)ccc3ccoc23)CCCC1. The van der Waals surface area contributed by atoms with Gasteiger partial charge in [0.25, 0.3) is 0 Å². The van der Waals surface area contributed by atoms with Gasteiger partial charge in [-0.2, -0.15) is 0 Å². The van der Waals surface area contributed by atoms with E-state index in [4.69, 9.17) is 10.2 Å². The van der Waals surface area contributed by atoms with Crippen LogP contribution in [0, 0.1) is 5.82 Å². The average Bonchev–Trinajstić information content (AvgIpc) is 2.86. The van der Waals surface area contributed by atoms with Crippen molar-refractivity contribution >= 4 is 11.0 Å². The molecule has 0 saturated heterocycles. The largest absolute Gasteiger partial charge is 0.464 e. The smallest absolute Gasteiger partial charge is 0.141 e. The standard InChI is InChI=1S/C13H14FNO/c14-10-4-3-9-5-8-16-12(9)11(10)13(15)6-1-2-7-13/h3-5,8H,1-2,6-7,15H2. The first-order chi connectivity index (χ1) is 7.71. The molecule has 84 valence electrons. The lowest BCUT2D eigenvalue weighted by Gasteiger charge is -2.24. The second-order valence-corrected chi connectivity index (χ2v) is 4.62. The van der Waals surface area contributed by atoms with Gasteiger partial charge in [0.1, 0.15) is 11.4 Å². The van der Waals surface area contributed by atoms with Crippen LogP contribution in [-0.2, 0) is 5.54 Å². The zero-order valence-electron chi connectivity index (χ0n) is 9.00. The van der Waals surface area contributed by atoms with Crippen LogP contribution in [0.15, 0.2) is 28.9 Å². The fourth-order valence-electron chi connectivity index (χ4n) is 2.73. The third-order valence-electron chi connectivity index (χ3n) is 3.56. The Morgan fingerprint density at radius 3 is 2.69 bits per heavy atom. The Kier molecular flexibility index (Phi) is 2.04. The van der Waals surface area contributed by atoms with Crippen molar-refractivity contribution in [1.82, 2.24) is 0 Å². The summed E-state index contributed by atoms with van der Waals surface area (Å²) in [5, 5.41) is 0.924. The van der Waals surface area contributed by atoms with E-state index in [-0.39, 0.29) is 5.82 Å². The fraction of sp³-hybridized carbons (Fsp3) is 0.385. The van der Waals surface area contributed by atoms with Gasteiger partial charge in [0.05, 0.1) is 11.8 Å². The number of nitrogens with two attached hydrogens (primary N) is 1. The van der Waals surface area contributed by atoms with Crippen molar-refractivity contribution in [3.63, 3.8) is 0 Å². The first-order valence-electron chi connectivity index (χ1n) is 5.66. The summed E-state index contributed by atoms with van der Waals surface area (Å²) >= 11 is 0. The van der Waals surface area contributed by atoms with Crippen LogP contribution in [0.4, 0.5) is 4.39 Å². The molecule has 2 N–H and O–H groups in total. The minimum atomic E-state index is -0.540. The normalized spacial score (nSPS) is 19.4. The van der Waals surface area contributed by atoms with Crippen molar-refractivity contribution in [2.75, 3.05) is 0 Å². The number of furan rings is 1. The van der Waals surface area contributed by atoms with Crippen molar-refractivity contribution in [3.05, 3.63) is 35.8 Å². The van der Waals surface area contributed by atoms with Gasteiger partial charge in [0, 0.05) is 10.9 Å². The molecule has 0 spiro atoms. The van der Waals surface area contributed by atoms with Crippen molar-refractivity contribution in [3.8, 4) is 0 Å². The third-order valence-corrected chi connectivity index (χ3v) is 3.56. The minimum Gasteiger partial charge on any atom is -0.464 e. The molecule has 1 aromatic heterocycles. The molecule has 0 bridgehead atoms. The number of fused-ring (bicyclic) bond motifs is 1. The molecule has 16 heavy (non-hydrogen) atoms. The summed E-state index contributed by atoms with van der Waals surface area (Å²) in [4.78, 5) is 0. The molecule has 3 rings (SSSR count). The lowest BCUT2D eigenvalue weighted by Crippen LogP contribution is -2.34. The number of rotatable bonds is 1. The Morgan fingerprint density at radius 2 is 1.94 bits per heavy atom. The average molecular weight is 219 g/mol. The maximum atomic E-state index is 14.0. The molecule has 0 amide bonds. The summed E-state index contributed by atoms with van der Waals surface area (Å²) in [5.41, 5.74) is 6.94. The van der Waals surface area contributed by atoms with E-state index < -0.39 is 5.54 Å². The van der Waals surface area contributed by atoms with E-state index in [1.165, 1.54) is 6.07 Å². The number of benzene rings is 1. The van der Waals surface area contributed by atoms with Crippen LogP contribution in [0.2, 0.25) is 0 Å². The van der Waals surface area contributed by atoms with E-state index in [1.54, 1.807) is 12.3 Å². The van der Waals surface area contributed by atoms with Gasteiger partial charge in [-0.1, -0.05) is 12.8 Å². The number of hydrogen-bond donors (Lipinski definition) is 1. The van der Waals surface area contributed by atoms with Gasteiger partial charge >= 0.3 is 0 Å². The summed E-state index contributed by atoms with van der Waals surface area (Å²) in [6.07, 6.45) is 5.39. The topological polar surface area (TPSA) is 39.2 Å². The van der Waals surface area contributed by atoms with Crippen LogP contribution >= 0.6 is 0 Å². The molecule has 0 atom stereocenters. The highest BCUT2D eigenvalue weighted by Crippen LogP contribution is 2.41.